The van der Waals surface area contributed by atoms with Crippen molar-refractivity contribution in [3.63, 3.8) is 0 Å². The van der Waals surface area contributed by atoms with E-state index in [0.717, 1.165) is 5.16 Å². The number of nitrogens with zero attached hydrogens (tertiary/aromatic N) is 3. The summed E-state index contributed by atoms with van der Waals surface area (Å²) in [6.07, 6.45) is 3.51. The molecule has 19 heavy (non-hydrogen) atoms. The Kier molecular flexibility index (Phi) is 2.87. The number of thioether (sulfide) groups is 1. The molecule has 1 aliphatic heterocycles. The summed E-state index contributed by atoms with van der Waals surface area (Å²) in [5.41, 5.74) is 0.959. The van der Waals surface area contributed by atoms with Gasteiger partial charge >= 0.3 is 0 Å². The van der Waals surface area contributed by atoms with Gasteiger partial charge < -0.3 is 4.57 Å². The Morgan fingerprint density at radius 2 is 1.79 bits per heavy atom. The van der Waals surface area contributed by atoms with E-state index in [9.17, 15) is 9.59 Å². The van der Waals surface area contributed by atoms with Crippen LogP contribution in [-0.2, 0) is 7.05 Å². The van der Waals surface area contributed by atoms with Crippen LogP contribution in [0.1, 0.15) is 20.7 Å². The lowest BCUT2D eigenvalue weighted by Crippen LogP contribution is -2.29. The lowest BCUT2D eigenvalue weighted by molar-refractivity contribution is 0.0684. The third kappa shape index (κ3) is 1.94. The van der Waals surface area contributed by atoms with E-state index in [0.29, 0.717) is 11.1 Å². The van der Waals surface area contributed by atoms with Crippen molar-refractivity contribution in [2.45, 2.75) is 5.16 Å². The quantitative estimate of drug-likeness (QED) is 0.631. The molecule has 1 aromatic carbocycles. The van der Waals surface area contributed by atoms with Crippen molar-refractivity contribution in [1.29, 1.82) is 0 Å². The van der Waals surface area contributed by atoms with Crippen LogP contribution in [0.15, 0.2) is 41.8 Å². The van der Waals surface area contributed by atoms with Gasteiger partial charge in [0.05, 0.1) is 17.0 Å². The van der Waals surface area contributed by atoms with Crippen LogP contribution < -0.4 is 0 Å². The molecule has 6 heteroatoms. The summed E-state index contributed by atoms with van der Waals surface area (Å²) in [6.45, 7) is 0. The Morgan fingerprint density at radius 1 is 1.16 bits per heavy atom. The maximum Gasteiger partial charge on any atom is 0.262 e. The van der Waals surface area contributed by atoms with Gasteiger partial charge in [0, 0.05) is 19.4 Å². The van der Waals surface area contributed by atoms with E-state index in [1.807, 2.05) is 17.8 Å². The largest absolute Gasteiger partial charge is 0.329 e. The average Bonchev–Trinajstić information content (AvgIpc) is 2.93. The molecule has 0 fully saturated rings. The van der Waals surface area contributed by atoms with Crippen LogP contribution in [0.5, 0.6) is 0 Å². The fraction of sp³-hybridized carbons (Fsp3) is 0.154. The Labute approximate surface area is 114 Å². The van der Waals surface area contributed by atoms with Crippen LogP contribution in [0.4, 0.5) is 0 Å². The van der Waals surface area contributed by atoms with Gasteiger partial charge in [0.1, 0.15) is 0 Å². The summed E-state index contributed by atoms with van der Waals surface area (Å²) in [7, 11) is 1.87. The van der Waals surface area contributed by atoms with Crippen LogP contribution in [-0.4, -0.2) is 32.1 Å². The fourth-order valence-electron chi connectivity index (χ4n) is 1.97. The van der Waals surface area contributed by atoms with Crippen molar-refractivity contribution in [2.75, 3.05) is 5.88 Å². The molecule has 2 heterocycles. The molecular weight excluding hydrogens is 262 g/mol. The number of hydrogen-bond acceptors (Lipinski definition) is 4. The SMILES string of the molecule is Cn1ccnc1SCN1C(=O)c2ccccc2C1=O. The molecule has 0 aliphatic carbocycles. The number of hydrogen-bond donors (Lipinski definition) is 0. The number of aryl methyl sites for hydroxylation is 1. The molecule has 0 bridgehead atoms. The van der Waals surface area contributed by atoms with Crippen LogP contribution >= 0.6 is 11.8 Å². The van der Waals surface area contributed by atoms with Gasteiger partial charge in [0.2, 0.25) is 0 Å². The third-order valence-corrected chi connectivity index (χ3v) is 4.02. The normalized spacial score (nSPS) is 14.1. The summed E-state index contributed by atoms with van der Waals surface area (Å²) < 4.78 is 1.85. The van der Waals surface area contributed by atoms with Gasteiger partial charge in [-0.1, -0.05) is 23.9 Å². The van der Waals surface area contributed by atoms with Gasteiger partial charge in [-0.25, -0.2) is 4.98 Å². The van der Waals surface area contributed by atoms with E-state index < -0.39 is 0 Å². The van der Waals surface area contributed by atoms with Crippen LogP contribution in [0, 0.1) is 0 Å². The minimum atomic E-state index is -0.234. The van der Waals surface area contributed by atoms with Crippen LogP contribution in [0.25, 0.3) is 0 Å². The molecule has 5 nitrogen and oxygen atoms in total. The zero-order valence-electron chi connectivity index (χ0n) is 10.2. The predicted octanol–water partition coefficient (Wildman–Crippen LogP) is 1.77. The lowest BCUT2D eigenvalue weighted by atomic mass is 10.1. The summed E-state index contributed by atoms with van der Waals surface area (Å²) in [5.74, 6) is -0.193. The first-order chi connectivity index (χ1) is 9.18. The van der Waals surface area contributed by atoms with Gasteiger partial charge in [0.25, 0.3) is 11.8 Å². The van der Waals surface area contributed by atoms with Gasteiger partial charge in [-0.15, -0.1) is 0 Å². The summed E-state index contributed by atoms with van der Waals surface area (Å²) in [4.78, 5) is 29.6. The number of fused-ring (bicyclic) bond motifs is 1. The molecule has 2 aromatic rings. The molecule has 3 rings (SSSR count). The van der Waals surface area contributed by atoms with E-state index in [4.69, 9.17) is 0 Å². The molecular formula is C13H11N3O2S. The number of amides is 2. The maximum absolute atomic E-state index is 12.1. The van der Waals surface area contributed by atoms with E-state index in [-0.39, 0.29) is 17.7 Å². The highest BCUT2D eigenvalue weighted by Gasteiger charge is 2.35. The highest BCUT2D eigenvalue weighted by atomic mass is 32.2. The zero-order valence-corrected chi connectivity index (χ0v) is 11.1. The molecule has 0 saturated heterocycles. The average molecular weight is 273 g/mol. The number of imide groups is 1. The highest BCUT2D eigenvalue weighted by Crippen LogP contribution is 2.26. The van der Waals surface area contributed by atoms with Gasteiger partial charge in [-0.2, -0.15) is 0 Å². The molecule has 2 amide bonds. The lowest BCUT2D eigenvalue weighted by Gasteiger charge is -2.12. The maximum atomic E-state index is 12.1. The van der Waals surface area contributed by atoms with Gasteiger partial charge in [-0.3, -0.25) is 14.5 Å². The molecule has 0 saturated carbocycles. The van der Waals surface area contributed by atoms with Crippen molar-refractivity contribution in [2.24, 2.45) is 7.05 Å². The molecule has 0 N–H and O–H groups in total. The summed E-state index contributed by atoms with van der Waals surface area (Å²) >= 11 is 1.37. The topological polar surface area (TPSA) is 55.2 Å². The first-order valence-electron chi connectivity index (χ1n) is 5.74. The van der Waals surface area contributed by atoms with E-state index in [1.54, 1.807) is 30.5 Å². The van der Waals surface area contributed by atoms with E-state index in [2.05, 4.69) is 4.98 Å². The van der Waals surface area contributed by atoms with Crippen molar-refractivity contribution in [3.05, 3.63) is 47.8 Å². The Morgan fingerprint density at radius 3 is 2.32 bits per heavy atom. The molecule has 1 aromatic heterocycles. The van der Waals surface area contributed by atoms with Gasteiger partial charge in [0.15, 0.2) is 5.16 Å². The fourth-order valence-corrected chi connectivity index (χ4v) is 2.85. The Hall–Kier alpha value is -2.08. The standard InChI is InChI=1S/C13H11N3O2S/c1-15-7-6-14-13(15)19-8-16-11(17)9-4-2-3-5-10(9)12(16)18/h2-7H,8H2,1H3. The number of aromatic nitrogens is 2. The number of benzene rings is 1. The summed E-state index contributed by atoms with van der Waals surface area (Å²) in [5, 5.41) is 0.775. The second kappa shape index (κ2) is 4.55. The second-order valence-corrected chi connectivity index (χ2v) is 5.09. The molecule has 0 radical (unpaired) electrons. The minimum absolute atomic E-state index is 0.234. The molecule has 1 aliphatic rings. The monoisotopic (exact) mass is 273 g/mol. The second-order valence-electron chi connectivity index (χ2n) is 4.18. The first-order valence-corrected chi connectivity index (χ1v) is 6.72. The van der Waals surface area contributed by atoms with E-state index in [1.165, 1.54) is 16.7 Å². The zero-order chi connectivity index (χ0) is 13.4. The van der Waals surface area contributed by atoms with Crippen molar-refractivity contribution >= 4 is 23.6 Å². The van der Waals surface area contributed by atoms with E-state index >= 15 is 0 Å². The Bertz CT molecular complexity index is 630. The van der Waals surface area contributed by atoms with Crippen molar-refractivity contribution in [1.82, 2.24) is 14.5 Å². The summed E-state index contributed by atoms with van der Waals surface area (Å²) in [6, 6.07) is 6.89. The molecule has 0 spiro atoms. The number of carbonyl (C=O) groups excluding carboxylic acids is 2. The first kappa shape index (κ1) is 12.0. The third-order valence-electron chi connectivity index (χ3n) is 2.98. The smallest absolute Gasteiger partial charge is 0.262 e. The number of carbonyl (C=O) groups is 2. The number of imidazole rings is 1. The molecule has 0 atom stereocenters. The predicted molar refractivity (Wildman–Crippen MR) is 70.9 cm³/mol. The minimum Gasteiger partial charge on any atom is -0.329 e. The van der Waals surface area contributed by atoms with Crippen molar-refractivity contribution in [3.8, 4) is 0 Å². The van der Waals surface area contributed by atoms with Gasteiger partial charge in [-0.05, 0) is 12.1 Å². The van der Waals surface area contributed by atoms with Crippen LogP contribution in [0.2, 0.25) is 0 Å². The van der Waals surface area contributed by atoms with Crippen LogP contribution in [0.3, 0.4) is 0 Å². The molecule has 0 unspecified atom stereocenters. The highest BCUT2D eigenvalue weighted by molar-refractivity contribution is 7.99. The Balaban J connectivity index is 1.79. The molecule has 96 valence electrons. The number of rotatable bonds is 3. The van der Waals surface area contributed by atoms with Crippen molar-refractivity contribution < 1.29 is 9.59 Å².